The first-order valence-electron chi connectivity index (χ1n) is 6.96. The predicted octanol–water partition coefficient (Wildman–Crippen LogP) is 1.45. The van der Waals surface area contributed by atoms with E-state index in [-0.39, 0.29) is 18.6 Å². The van der Waals surface area contributed by atoms with E-state index in [4.69, 9.17) is 19.9 Å². The Bertz CT molecular complexity index is 487. The number of esters is 1. The SMILES string of the molecule is CCOC(=O)COc1cc(OCC)cc2c1CC(N)C2. The second kappa shape index (κ2) is 6.61. The first-order chi connectivity index (χ1) is 9.63. The number of hydrogen-bond acceptors (Lipinski definition) is 5. The van der Waals surface area contributed by atoms with Crippen molar-refractivity contribution < 1.29 is 19.0 Å². The average Bonchev–Trinajstić information content (AvgIpc) is 2.77. The molecule has 0 bridgehead atoms. The third-order valence-corrected chi connectivity index (χ3v) is 3.19. The van der Waals surface area contributed by atoms with Gasteiger partial charge in [-0.2, -0.15) is 0 Å². The van der Waals surface area contributed by atoms with Crippen LogP contribution < -0.4 is 15.2 Å². The molecule has 0 spiro atoms. The number of carbonyl (C=O) groups excluding carboxylic acids is 1. The van der Waals surface area contributed by atoms with Gasteiger partial charge in [0.25, 0.3) is 0 Å². The lowest BCUT2D eigenvalue weighted by molar-refractivity contribution is -0.145. The summed E-state index contributed by atoms with van der Waals surface area (Å²) in [5.41, 5.74) is 8.21. The van der Waals surface area contributed by atoms with Crippen molar-refractivity contribution in [3.05, 3.63) is 23.3 Å². The molecule has 0 radical (unpaired) electrons. The van der Waals surface area contributed by atoms with Gasteiger partial charge in [0.1, 0.15) is 11.5 Å². The van der Waals surface area contributed by atoms with Gasteiger partial charge in [0, 0.05) is 12.1 Å². The summed E-state index contributed by atoms with van der Waals surface area (Å²) in [5, 5.41) is 0. The molecule has 1 unspecified atom stereocenters. The minimum atomic E-state index is -0.370. The van der Waals surface area contributed by atoms with Gasteiger partial charge < -0.3 is 19.9 Å². The third kappa shape index (κ3) is 3.42. The van der Waals surface area contributed by atoms with Gasteiger partial charge >= 0.3 is 5.97 Å². The Balaban J connectivity index is 2.16. The molecule has 1 atom stereocenters. The van der Waals surface area contributed by atoms with Crippen LogP contribution in [0.4, 0.5) is 0 Å². The van der Waals surface area contributed by atoms with Crippen LogP contribution in [0.25, 0.3) is 0 Å². The number of ether oxygens (including phenoxy) is 3. The quantitative estimate of drug-likeness (QED) is 0.798. The maximum absolute atomic E-state index is 11.4. The molecular weight excluding hydrogens is 258 g/mol. The number of carbonyl (C=O) groups is 1. The number of rotatable bonds is 6. The van der Waals surface area contributed by atoms with Crippen LogP contribution in [0.3, 0.4) is 0 Å². The van der Waals surface area contributed by atoms with Crippen LogP contribution in [0.5, 0.6) is 11.5 Å². The van der Waals surface area contributed by atoms with Crippen LogP contribution in [-0.4, -0.2) is 31.8 Å². The number of hydrogen-bond donors (Lipinski definition) is 1. The van der Waals surface area contributed by atoms with E-state index in [1.807, 2.05) is 19.1 Å². The van der Waals surface area contributed by atoms with Gasteiger partial charge in [-0.05, 0) is 43.9 Å². The molecule has 0 saturated carbocycles. The van der Waals surface area contributed by atoms with Crippen LogP contribution in [0, 0.1) is 0 Å². The summed E-state index contributed by atoms with van der Waals surface area (Å²) in [7, 11) is 0. The summed E-state index contributed by atoms with van der Waals surface area (Å²) >= 11 is 0. The van der Waals surface area contributed by atoms with E-state index in [0.29, 0.717) is 19.0 Å². The van der Waals surface area contributed by atoms with E-state index < -0.39 is 0 Å². The number of benzene rings is 1. The van der Waals surface area contributed by atoms with Crippen molar-refractivity contribution >= 4 is 5.97 Å². The zero-order valence-electron chi connectivity index (χ0n) is 12.0. The highest BCUT2D eigenvalue weighted by molar-refractivity contribution is 5.71. The molecule has 2 N–H and O–H groups in total. The number of nitrogens with two attached hydrogens (primary N) is 1. The van der Waals surface area contributed by atoms with Crippen LogP contribution in [0.1, 0.15) is 25.0 Å². The van der Waals surface area contributed by atoms with Gasteiger partial charge in [-0.25, -0.2) is 4.79 Å². The summed E-state index contributed by atoms with van der Waals surface area (Å²) in [5.74, 6) is 1.05. The lowest BCUT2D eigenvalue weighted by Gasteiger charge is -2.13. The Labute approximate surface area is 119 Å². The van der Waals surface area contributed by atoms with Gasteiger partial charge in [-0.3, -0.25) is 0 Å². The molecule has 0 aliphatic heterocycles. The molecule has 1 aliphatic rings. The summed E-state index contributed by atoms with van der Waals surface area (Å²) in [6.45, 7) is 4.54. The maximum atomic E-state index is 11.4. The van der Waals surface area contributed by atoms with Crippen molar-refractivity contribution in [1.29, 1.82) is 0 Å². The van der Waals surface area contributed by atoms with Gasteiger partial charge in [-0.15, -0.1) is 0 Å². The second-order valence-corrected chi connectivity index (χ2v) is 4.75. The lowest BCUT2D eigenvalue weighted by Crippen LogP contribution is -2.19. The highest BCUT2D eigenvalue weighted by atomic mass is 16.6. The Morgan fingerprint density at radius 2 is 2.05 bits per heavy atom. The molecule has 1 aromatic carbocycles. The van der Waals surface area contributed by atoms with E-state index in [1.165, 1.54) is 0 Å². The fourth-order valence-electron chi connectivity index (χ4n) is 2.42. The molecule has 1 aromatic rings. The van der Waals surface area contributed by atoms with Gasteiger partial charge in [0.2, 0.25) is 0 Å². The van der Waals surface area contributed by atoms with Crippen molar-refractivity contribution in [3.63, 3.8) is 0 Å². The second-order valence-electron chi connectivity index (χ2n) is 4.75. The molecule has 0 saturated heterocycles. The van der Waals surface area contributed by atoms with Crippen molar-refractivity contribution in [2.75, 3.05) is 19.8 Å². The molecule has 0 amide bonds. The van der Waals surface area contributed by atoms with Gasteiger partial charge in [0.15, 0.2) is 6.61 Å². The predicted molar refractivity (Wildman–Crippen MR) is 75.1 cm³/mol. The Kier molecular flexibility index (Phi) is 4.84. The van der Waals surface area contributed by atoms with Crippen molar-refractivity contribution in [2.45, 2.75) is 32.7 Å². The Morgan fingerprint density at radius 3 is 2.75 bits per heavy atom. The monoisotopic (exact) mass is 279 g/mol. The summed E-state index contributed by atoms with van der Waals surface area (Å²) in [6, 6.07) is 3.93. The van der Waals surface area contributed by atoms with E-state index in [1.54, 1.807) is 6.92 Å². The fourth-order valence-corrected chi connectivity index (χ4v) is 2.42. The molecule has 1 aliphatic carbocycles. The molecule has 0 fully saturated rings. The van der Waals surface area contributed by atoms with Gasteiger partial charge in [0.05, 0.1) is 13.2 Å². The largest absolute Gasteiger partial charge is 0.494 e. The molecule has 5 heteroatoms. The van der Waals surface area contributed by atoms with E-state index in [0.717, 1.165) is 29.7 Å². The minimum Gasteiger partial charge on any atom is -0.494 e. The standard InChI is InChI=1S/C15H21NO4/c1-3-18-12-6-10-5-11(16)7-13(10)14(8-12)20-9-15(17)19-4-2/h6,8,11H,3-5,7,9,16H2,1-2H3. The van der Waals surface area contributed by atoms with Crippen LogP contribution in [0.15, 0.2) is 12.1 Å². The van der Waals surface area contributed by atoms with Crippen LogP contribution in [-0.2, 0) is 22.4 Å². The topological polar surface area (TPSA) is 70.8 Å². The van der Waals surface area contributed by atoms with E-state index >= 15 is 0 Å². The molecular formula is C15H21NO4. The Hall–Kier alpha value is -1.75. The Morgan fingerprint density at radius 1 is 1.25 bits per heavy atom. The van der Waals surface area contributed by atoms with E-state index in [2.05, 4.69) is 0 Å². The summed E-state index contributed by atoms with van der Waals surface area (Å²) < 4.78 is 16.0. The zero-order valence-corrected chi connectivity index (χ0v) is 12.0. The number of fused-ring (bicyclic) bond motifs is 1. The molecule has 110 valence electrons. The zero-order chi connectivity index (χ0) is 14.5. The molecule has 0 aromatic heterocycles. The summed E-state index contributed by atoms with van der Waals surface area (Å²) in [6.07, 6.45) is 1.58. The molecule has 2 rings (SSSR count). The van der Waals surface area contributed by atoms with Crippen LogP contribution in [0.2, 0.25) is 0 Å². The van der Waals surface area contributed by atoms with Crippen molar-refractivity contribution in [1.82, 2.24) is 0 Å². The third-order valence-electron chi connectivity index (χ3n) is 3.19. The van der Waals surface area contributed by atoms with Crippen molar-refractivity contribution in [3.8, 4) is 11.5 Å². The molecule has 20 heavy (non-hydrogen) atoms. The highest BCUT2D eigenvalue weighted by Crippen LogP contribution is 2.34. The fraction of sp³-hybridized carbons (Fsp3) is 0.533. The van der Waals surface area contributed by atoms with E-state index in [9.17, 15) is 4.79 Å². The van der Waals surface area contributed by atoms with Crippen LogP contribution >= 0.6 is 0 Å². The normalized spacial score (nSPS) is 16.6. The molecule has 0 heterocycles. The highest BCUT2D eigenvalue weighted by Gasteiger charge is 2.23. The summed E-state index contributed by atoms with van der Waals surface area (Å²) in [4.78, 5) is 11.4. The average molecular weight is 279 g/mol. The minimum absolute atomic E-state index is 0.0922. The first kappa shape index (κ1) is 14.7. The smallest absolute Gasteiger partial charge is 0.344 e. The van der Waals surface area contributed by atoms with Crippen molar-refractivity contribution in [2.24, 2.45) is 5.73 Å². The van der Waals surface area contributed by atoms with Gasteiger partial charge in [-0.1, -0.05) is 0 Å². The lowest BCUT2D eigenvalue weighted by atomic mass is 10.1. The first-order valence-corrected chi connectivity index (χ1v) is 6.96. The molecule has 5 nitrogen and oxygen atoms in total. The maximum Gasteiger partial charge on any atom is 0.344 e.